The largest absolute Gasteiger partial charge is 0.485 e. The summed E-state index contributed by atoms with van der Waals surface area (Å²) in [6, 6.07) is 42.3. The minimum Gasteiger partial charge on any atom is -0.485 e. The minimum absolute atomic E-state index is 0.0797. The lowest BCUT2D eigenvalue weighted by Gasteiger charge is -2.33. The molecule has 1 heterocycles. The van der Waals surface area contributed by atoms with Crippen molar-refractivity contribution in [2.75, 3.05) is 6.61 Å². The van der Waals surface area contributed by atoms with Crippen LogP contribution < -0.4 is 14.2 Å². The zero-order chi connectivity index (χ0) is 31.8. The molecule has 46 heavy (non-hydrogen) atoms. The Labute approximate surface area is 273 Å². The molecule has 0 fully saturated rings. The molecule has 6 aromatic rings. The van der Waals surface area contributed by atoms with Crippen LogP contribution in [0.3, 0.4) is 0 Å². The molecule has 6 nitrogen and oxygen atoms in total. The summed E-state index contributed by atoms with van der Waals surface area (Å²) in [5.41, 5.74) is 1.79. The molecule has 0 spiro atoms. The van der Waals surface area contributed by atoms with Gasteiger partial charge in [0.05, 0.1) is 18.2 Å². The van der Waals surface area contributed by atoms with E-state index in [0.29, 0.717) is 41.0 Å². The van der Waals surface area contributed by atoms with Gasteiger partial charge in [-0.3, -0.25) is 0 Å². The predicted molar refractivity (Wildman–Crippen MR) is 180 cm³/mol. The molecule has 0 radical (unpaired) electrons. The van der Waals surface area contributed by atoms with Crippen LogP contribution in [0.15, 0.2) is 140 Å². The van der Waals surface area contributed by atoms with Crippen molar-refractivity contribution < 1.29 is 23.7 Å². The van der Waals surface area contributed by atoms with Crippen LogP contribution >= 0.6 is 11.6 Å². The number of esters is 1. The molecule has 0 aliphatic rings. The number of carbonyl (C=O) groups is 1. The van der Waals surface area contributed by atoms with Gasteiger partial charge < -0.3 is 23.5 Å². The zero-order valence-electron chi connectivity index (χ0n) is 25.5. The van der Waals surface area contributed by atoms with Crippen LogP contribution in [-0.2, 0) is 34.9 Å². The van der Waals surface area contributed by atoms with E-state index in [4.69, 9.17) is 30.5 Å². The first-order chi connectivity index (χ1) is 22.6. The summed E-state index contributed by atoms with van der Waals surface area (Å²) in [6.45, 7) is 2.68. The van der Waals surface area contributed by atoms with Gasteiger partial charge in [0.1, 0.15) is 19.0 Å². The average molecular weight is 632 g/mol. The van der Waals surface area contributed by atoms with E-state index in [-0.39, 0.29) is 13.2 Å². The fourth-order valence-corrected chi connectivity index (χ4v) is 5.66. The van der Waals surface area contributed by atoms with Gasteiger partial charge >= 0.3 is 5.97 Å². The summed E-state index contributed by atoms with van der Waals surface area (Å²) in [4.78, 5) is 14.2. The quantitative estimate of drug-likeness (QED) is 0.119. The fraction of sp³-hybridized carbons (Fsp3) is 0.154. The first kappa shape index (κ1) is 30.8. The number of ether oxygens (including phenoxy) is 4. The molecular weight excluding hydrogens is 598 g/mol. The minimum atomic E-state index is -1.62. The van der Waals surface area contributed by atoms with Crippen molar-refractivity contribution in [2.45, 2.75) is 32.3 Å². The third kappa shape index (κ3) is 6.87. The van der Waals surface area contributed by atoms with E-state index in [1.54, 1.807) is 6.92 Å². The molecule has 0 N–H and O–H groups in total. The van der Waals surface area contributed by atoms with Crippen molar-refractivity contribution in [3.05, 3.63) is 161 Å². The van der Waals surface area contributed by atoms with Gasteiger partial charge in [-0.25, -0.2) is 4.79 Å². The van der Waals surface area contributed by atoms with E-state index in [9.17, 15) is 4.79 Å². The number of hydrogen-bond acceptors (Lipinski definition) is 5. The summed E-state index contributed by atoms with van der Waals surface area (Å²) >= 11 is 6.67. The van der Waals surface area contributed by atoms with E-state index >= 15 is 0 Å². The van der Waals surface area contributed by atoms with Gasteiger partial charge in [0.15, 0.2) is 11.5 Å². The molecular formula is C39H34ClNO5. The number of para-hydroxylation sites is 2. The third-order valence-corrected chi connectivity index (χ3v) is 7.96. The highest BCUT2D eigenvalue weighted by atomic mass is 35.5. The van der Waals surface area contributed by atoms with E-state index in [0.717, 1.165) is 22.0 Å². The summed E-state index contributed by atoms with van der Waals surface area (Å²) in [5.74, 6) is 0.975. The second-order valence-electron chi connectivity index (χ2n) is 10.8. The van der Waals surface area contributed by atoms with Crippen LogP contribution in [0.4, 0.5) is 0 Å². The van der Waals surface area contributed by atoms with Gasteiger partial charge in [0, 0.05) is 22.7 Å². The maximum atomic E-state index is 14.2. The van der Waals surface area contributed by atoms with Gasteiger partial charge in [-0.15, -0.1) is 0 Å². The van der Waals surface area contributed by atoms with Gasteiger partial charge in [0.2, 0.25) is 5.60 Å². The van der Waals surface area contributed by atoms with E-state index < -0.39 is 11.6 Å². The SMILES string of the molecule is CCOC(=O)C(Cn1cc(Cl)c2ccccc21)(Oc1ccccc1)c1ccc(OCc2ccccc2)c(OCc2ccccc2)c1. The van der Waals surface area contributed by atoms with Crippen LogP contribution in [0.25, 0.3) is 10.9 Å². The molecule has 0 amide bonds. The molecule has 1 aromatic heterocycles. The molecule has 0 saturated heterocycles. The molecule has 232 valence electrons. The molecule has 6 rings (SSSR count). The monoisotopic (exact) mass is 631 g/mol. The number of hydrogen-bond donors (Lipinski definition) is 0. The van der Waals surface area contributed by atoms with E-state index in [2.05, 4.69) is 0 Å². The highest BCUT2D eigenvalue weighted by Gasteiger charge is 2.46. The zero-order valence-corrected chi connectivity index (χ0v) is 26.2. The molecule has 1 atom stereocenters. The van der Waals surface area contributed by atoms with Crippen molar-refractivity contribution in [2.24, 2.45) is 0 Å². The lowest BCUT2D eigenvalue weighted by molar-refractivity contribution is -0.164. The number of benzene rings is 5. The second kappa shape index (κ2) is 14.3. The Kier molecular flexibility index (Phi) is 9.56. The molecule has 7 heteroatoms. The lowest BCUT2D eigenvalue weighted by atomic mass is 9.92. The van der Waals surface area contributed by atoms with Crippen molar-refractivity contribution in [3.63, 3.8) is 0 Å². The maximum absolute atomic E-state index is 14.2. The number of rotatable bonds is 13. The molecule has 0 aliphatic carbocycles. The Morgan fingerprint density at radius 3 is 1.96 bits per heavy atom. The molecule has 1 unspecified atom stereocenters. The first-order valence-corrected chi connectivity index (χ1v) is 15.6. The topological polar surface area (TPSA) is 58.9 Å². The van der Waals surface area contributed by atoms with Gasteiger partial charge in [0.25, 0.3) is 0 Å². The van der Waals surface area contributed by atoms with Crippen LogP contribution in [0.5, 0.6) is 17.2 Å². The van der Waals surface area contributed by atoms with Crippen molar-refractivity contribution in [1.82, 2.24) is 4.57 Å². The number of nitrogens with zero attached hydrogens (tertiary/aromatic N) is 1. The summed E-state index contributed by atoms with van der Waals surface area (Å²) in [6.07, 6.45) is 1.82. The van der Waals surface area contributed by atoms with Crippen molar-refractivity contribution >= 4 is 28.5 Å². The normalized spacial score (nSPS) is 12.3. The third-order valence-electron chi connectivity index (χ3n) is 7.66. The summed E-state index contributed by atoms with van der Waals surface area (Å²) in [5, 5.41) is 1.45. The molecule has 0 aliphatic heterocycles. The highest BCUT2D eigenvalue weighted by Crippen LogP contribution is 2.39. The van der Waals surface area contributed by atoms with Crippen molar-refractivity contribution in [3.8, 4) is 17.2 Å². The van der Waals surface area contributed by atoms with Crippen LogP contribution in [0.2, 0.25) is 5.02 Å². The Morgan fingerprint density at radius 1 is 0.717 bits per heavy atom. The van der Waals surface area contributed by atoms with Crippen LogP contribution in [0.1, 0.15) is 23.6 Å². The fourth-order valence-electron chi connectivity index (χ4n) is 5.38. The Bertz CT molecular complexity index is 1890. The van der Waals surface area contributed by atoms with E-state index in [1.807, 2.05) is 144 Å². The first-order valence-electron chi connectivity index (χ1n) is 15.2. The lowest BCUT2D eigenvalue weighted by Crippen LogP contribution is -2.46. The van der Waals surface area contributed by atoms with Crippen molar-refractivity contribution in [1.29, 1.82) is 0 Å². The summed E-state index contributed by atoms with van der Waals surface area (Å²) in [7, 11) is 0. The number of fused-ring (bicyclic) bond motifs is 1. The van der Waals surface area contributed by atoms with Crippen LogP contribution in [0, 0.1) is 0 Å². The predicted octanol–water partition coefficient (Wildman–Crippen LogP) is 8.99. The van der Waals surface area contributed by atoms with Gasteiger partial charge in [-0.1, -0.05) is 115 Å². The highest BCUT2D eigenvalue weighted by molar-refractivity contribution is 6.35. The van der Waals surface area contributed by atoms with Crippen LogP contribution in [-0.4, -0.2) is 17.1 Å². The van der Waals surface area contributed by atoms with Gasteiger partial charge in [-0.05, 0) is 48.4 Å². The number of halogens is 1. The molecule has 0 saturated carbocycles. The Balaban J connectivity index is 1.47. The molecule has 5 aromatic carbocycles. The number of aromatic nitrogens is 1. The van der Waals surface area contributed by atoms with Gasteiger partial charge in [-0.2, -0.15) is 0 Å². The number of carbonyl (C=O) groups excluding carboxylic acids is 1. The second-order valence-corrected chi connectivity index (χ2v) is 11.2. The summed E-state index contributed by atoms with van der Waals surface area (Å²) < 4.78 is 27.1. The Morgan fingerprint density at radius 2 is 1.30 bits per heavy atom. The maximum Gasteiger partial charge on any atom is 0.357 e. The Hall–Kier alpha value is -5.20. The average Bonchev–Trinajstić information content (AvgIpc) is 3.42. The standard InChI is InChI=1S/C39H34ClNO5/c1-2-43-38(42)39(46-32-18-10-5-11-19-32,28-41-25-34(40)33-20-12-13-21-35(33)41)31-22-23-36(44-26-29-14-6-3-7-15-29)37(24-31)45-27-30-16-8-4-9-17-30/h3-25H,2,26-28H2,1H3. The smallest absolute Gasteiger partial charge is 0.357 e. The molecule has 0 bridgehead atoms. The van der Waals surface area contributed by atoms with E-state index in [1.165, 1.54) is 0 Å².